The molecule has 0 aromatic heterocycles. The maximum Gasteiger partial charge on any atom is 0.338 e. The fourth-order valence-corrected chi connectivity index (χ4v) is 3.45. The van der Waals surface area contributed by atoms with E-state index in [0.717, 1.165) is 12.1 Å². The van der Waals surface area contributed by atoms with Gasteiger partial charge in [0.2, 0.25) is 0 Å². The minimum Gasteiger partial charge on any atom is -0.449 e. The Morgan fingerprint density at radius 3 is 2.52 bits per heavy atom. The third kappa shape index (κ3) is 5.76. The second-order valence-electron chi connectivity index (χ2n) is 6.08. The predicted octanol–water partition coefficient (Wildman–Crippen LogP) is 2.61. The second kappa shape index (κ2) is 9.83. The Bertz CT molecular complexity index is 1120. The highest BCUT2D eigenvalue weighted by atomic mass is 35.5. The molecule has 1 unspecified atom stereocenters. The third-order valence-electron chi connectivity index (χ3n) is 4.03. The molecule has 0 spiro atoms. The van der Waals surface area contributed by atoms with E-state index in [4.69, 9.17) is 16.3 Å². The van der Waals surface area contributed by atoms with Crippen LogP contribution in [0.25, 0.3) is 0 Å². The number of nitro benzene ring substituents is 1. The first-order chi connectivity index (χ1) is 14.5. The Hall–Kier alpha value is -3.06. The van der Waals surface area contributed by atoms with Crippen molar-refractivity contribution in [3.05, 3.63) is 63.2 Å². The zero-order valence-corrected chi connectivity index (χ0v) is 18.1. The first-order valence-electron chi connectivity index (χ1n) is 8.56. The monoisotopic (exact) mass is 471 g/mol. The maximum atomic E-state index is 12.4. The number of hydrogen-bond acceptors (Lipinski definition) is 8. The van der Waals surface area contributed by atoms with Gasteiger partial charge in [-0.1, -0.05) is 22.1 Å². The quantitative estimate of drug-likeness (QED) is 0.351. The minimum atomic E-state index is -3.99. The van der Waals surface area contributed by atoms with Crippen molar-refractivity contribution in [1.82, 2.24) is 4.47 Å². The summed E-state index contributed by atoms with van der Waals surface area (Å²) in [6.07, 6.45) is -1.32. The van der Waals surface area contributed by atoms with Crippen LogP contribution < -0.4 is 5.32 Å². The highest BCUT2D eigenvalue weighted by Gasteiger charge is 2.24. The number of ether oxygens (including phenoxy) is 1. The lowest BCUT2D eigenvalue weighted by molar-refractivity contribution is -0.384. The Kier molecular flexibility index (Phi) is 7.68. The normalized spacial score (nSPS) is 12.3. The van der Waals surface area contributed by atoms with E-state index >= 15 is 0 Å². The molecule has 0 radical (unpaired) electrons. The molecule has 0 heterocycles. The standard InChI is InChI=1S/C18H18ClN3O8S/c1-11(17(23)20-16-10-13(22(25)26)7-8-15(16)19)30-18(24)12-5-4-6-14(9-12)31(27,28)21(2)29-3/h4-11H,1-3H3,(H,20,23). The average Bonchev–Trinajstić information content (AvgIpc) is 2.74. The molecule has 0 saturated heterocycles. The Labute approximate surface area is 182 Å². The summed E-state index contributed by atoms with van der Waals surface area (Å²) >= 11 is 5.93. The van der Waals surface area contributed by atoms with Gasteiger partial charge in [-0.05, 0) is 31.2 Å². The number of esters is 1. The molecule has 0 saturated carbocycles. The molecule has 0 aliphatic heterocycles. The van der Waals surface area contributed by atoms with Gasteiger partial charge in [-0.3, -0.25) is 19.7 Å². The lowest BCUT2D eigenvalue weighted by Crippen LogP contribution is -2.30. The van der Waals surface area contributed by atoms with Crippen LogP contribution in [0.1, 0.15) is 17.3 Å². The second-order valence-corrected chi connectivity index (χ2v) is 8.43. The van der Waals surface area contributed by atoms with Crippen molar-refractivity contribution < 1.29 is 32.5 Å². The number of carbonyl (C=O) groups excluding carboxylic acids is 2. The molecule has 2 aromatic carbocycles. The predicted molar refractivity (Wildman–Crippen MR) is 110 cm³/mol. The molecule has 1 atom stereocenters. The topological polar surface area (TPSA) is 145 Å². The highest BCUT2D eigenvalue weighted by Crippen LogP contribution is 2.27. The van der Waals surface area contributed by atoms with E-state index in [1.807, 2.05) is 0 Å². The average molecular weight is 472 g/mol. The number of hydrogen-bond donors (Lipinski definition) is 1. The first kappa shape index (κ1) is 24.2. The number of benzene rings is 2. The van der Waals surface area contributed by atoms with Crippen molar-refractivity contribution >= 4 is 44.9 Å². The summed E-state index contributed by atoms with van der Waals surface area (Å²) < 4.78 is 30.3. The summed E-state index contributed by atoms with van der Waals surface area (Å²) in [6.45, 7) is 1.28. The van der Waals surface area contributed by atoms with E-state index < -0.39 is 32.9 Å². The van der Waals surface area contributed by atoms with Crippen LogP contribution in [0, 0.1) is 10.1 Å². The van der Waals surface area contributed by atoms with Gasteiger partial charge in [-0.15, -0.1) is 0 Å². The lowest BCUT2D eigenvalue weighted by atomic mass is 10.2. The highest BCUT2D eigenvalue weighted by molar-refractivity contribution is 7.89. The number of non-ortho nitro benzene ring substituents is 1. The summed E-state index contributed by atoms with van der Waals surface area (Å²) in [5.41, 5.74) is -0.429. The molecule has 0 bridgehead atoms. The van der Waals surface area contributed by atoms with Crippen LogP contribution in [0.5, 0.6) is 0 Å². The minimum absolute atomic E-state index is 0.0283. The third-order valence-corrected chi connectivity index (χ3v) is 6.04. The molecule has 11 nitrogen and oxygen atoms in total. The molecule has 1 amide bonds. The van der Waals surface area contributed by atoms with Gasteiger partial charge in [0.15, 0.2) is 6.10 Å². The number of nitrogens with zero attached hydrogens (tertiary/aromatic N) is 2. The Morgan fingerprint density at radius 1 is 1.23 bits per heavy atom. The number of nitrogens with one attached hydrogen (secondary N) is 1. The molecule has 2 rings (SSSR count). The Morgan fingerprint density at radius 2 is 1.90 bits per heavy atom. The van der Waals surface area contributed by atoms with Crippen LogP contribution >= 0.6 is 11.6 Å². The van der Waals surface area contributed by atoms with Gasteiger partial charge in [0.1, 0.15) is 0 Å². The number of hydroxylamine groups is 1. The molecule has 31 heavy (non-hydrogen) atoms. The molecule has 0 aliphatic carbocycles. The molecular formula is C18H18ClN3O8S. The van der Waals surface area contributed by atoms with Crippen molar-refractivity contribution in [2.75, 3.05) is 19.5 Å². The van der Waals surface area contributed by atoms with Crippen LogP contribution in [-0.2, 0) is 24.4 Å². The molecule has 1 N–H and O–H groups in total. The van der Waals surface area contributed by atoms with E-state index in [0.29, 0.717) is 4.47 Å². The molecule has 0 aliphatic rings. The van der Waals surface area contributed by atoms with Gasteiger partial charge in [0, 0.05) is 19.2 Å². The fourth-order valence-electron chi connectivity index (χ4n) is 2.27. The smallest absolute Gasteiger partial charge is 0.338 e. The zero-order valence-electron chi connectivity index (χ0n) is 16.6. The van der Waals surface area contributed by atoms with Gasteiger partial charge < -0.3 is 10.1 Å². The lowest BCUT2D eigenvalue weighted by Gasteiger charge is -2.16. The van der Waals surface area contributed by atoms with Crippen molar-refractivity contribution in [2.45, 2.75) is 17.9 Å². The SMILES string of the molecule is CON(C)S(=O)(=O)c1cccc(C(=O)OC(C)C(=O)Nc2cc([N+](=O)[O-])ccc2Cl)c1. The number of halogens is 1. The van der Waals surface area contributed by atoms with E-state index in [2.05, 4.69) is 10.2 Å². The van der Waals surface area contributed by atoms with E-state index in [1.165, 1.54) is 51.4 Å². The largest absolute Gasteiger partial charge is 0.449 e. The number of sulfonamides is 1. The van der Waals surface area contributed by atoms with Crippen molar-refractivity contribution in [3.63, 3.8) is 0 Å². The fraction of sp³-hybridized carbons (Fsp3) is 0.222. The van der Waals surface area contributed by atoms with Crippen LogP contribution in [-0.4, -0.2) is 49.9 Å². The van der Waals surface area contributed by atoms with E-state index in [-0.39, 0.29) is 26.9 Å². The summed E-state index contributed by atoms with van der Waals surface area (Å²) in [5.74, 6) is -1.75. The van der Waals surface area contributed by atoms with Crippen LogP contribution in [0.3, 0.4) is 0 Å². The first-order valence-corrected chi connectivity index (χ1v) is 10.4. The van der Waals surface area contributed by atoms with Gasteiger partial charge >= 0.3 is 5.97 Å². The summed E-state index contributed by atoms with van der Waals surface area (Å²) in [5, 5.41) is 13.3. The van der Waals surface area contributed by atoms with Gasteiger partial charge in [-0.25, -0.2) is 13.2 Å². The van der Waals surface area contributed by atoms with Crippen molar-refractivity contribution in [3.8, 4) is 0 Å². The summed E-state index contributed by atoms with van der Waals surface area (Å²) in [7, 11) is -1.64. The number of anilines is 1. The van der Waals surface area contributed by atoms with Crippen LogP contribution in [0.4, 0.5) is 11.4 Å². The zero-order chi connectivity index (χ0) is 23.3. The number of rotatable bonds is 8. The van der Waals surface area contributed by atoms with Crippen molar-refractivity contribution in [2.24, 2.45) is 0 Å². The van der Waals surface area contributed by atoms with Crippen LogP contribution in [0.15, 0.2) is 47.4 Å². The number of carbonyl (C=O) groups is 2. The summed E-state index contributed by atoms with van der Waals surface area (Å²) in [6, 6.07) is 8.47. The van der Waals surface area contributed by atoms with Crippen molar-refractivity contribution in [1.29, 1.82) is 0 Å². The Balaban J connectivity index is 2.14. The molecule has 2 aromatic rings. The van der Waals surface area contributed by atoms with E-state index in [1.54, 1.807) is 0 Å². The van der Waals surface area contributed by atoms with Gasteiger partial charge in [0.05, 0.1) is 33.2 Å². The molecule has 13 heteroatoms. The molecule has 166 valence electrons. The van der Waals surface area contributed by atoms with Gasteiger partial charge in [-0.2, -0.15) is 0 Å². The number of amides is 1. The van der Waals surface area contributed by atoms with Gasteiger partial charge in [0.25, 0.3) is 21.6 Å². The maximum absolute atomic E-state index is 12.4. The molecular weight excluding hydrogens is 454 g/mol. The summed E-state index contributed by atoms with van der Waals surface area (Å²) in [4.78, 5) is 39.4. The molecule has 0 fully saturated rings. The number of nitro groups is 1. The van der Waals surface area contributed by atoms with E-state index in [9.17, 15) is 28.1 Å². The van der Waals surface area contributed by atoms with Crippen LogP contribution in [0.2, 0.25) is 5.02 Å².